The second-order valence-corrected chi connectivity index (χ2v) is 5.43. The van der Waals surface area contributed by atoms with Crippen LogP contribution in [0.3, 0.4) is 0 Å². The van der Waals surface area contributed by atoms with Gasteiger partial charge >= 0.3 is 0 Å². The molecule has 1 unspecified atom stereocenters. The third-order valence-electron chi connectivity index (χ3n) is 3.31. The summed E-state index contributed by atoms with van der Waals surface area (Å²) < 4.78 is 5.47. The average molecular weight is 226 g/mol. The highest BCUT2D eigenvalue weighted by atomic mass is 16.5. The number of ether oxygens (including phenoxy) is 1. The number of carbonyl (C=O) groups excluding carboxylic acids is 1. The van der Waals surface area contributed by atoms with Crippen molar-refractivity contribution >= 4 is 5.91 Å². The molecule has 4 heteroatoms. The fourth-order valence-electron chi connectivity index (χ4n) is 2.47. The minimum absolute atomic E-state index is 0.0186. The van der Waals surface area contributed by atoms with Gasteiger partial charge in [0.2, 0.25) is 0 Å². The molecular formula is C12H22N2O2. The predicted molar refractivity (Wildman–Crippen MR) is 62.3 cm³/mol. The molecule has 16 heavy (non-hydrogen) atoms. The molecule has 0 aliphatic carbocycles. The molecule has 0 bridgehead atoms. The molecule has 2 heterocycles. The normalized spacial score (nSPS) is 30.1. The van der Waals surface area contributed by atoms with Crippen molar-refractivity contribution in [2.45, 2.75) is 44.8 Å². The quantitative estimate of drug-likeness (QED) is 0.718. The molecule has 2 saturated heterocycles. The summed E-state index contributed by atoms with van der Waals surface area (Å²) in [6, 6.07) is 0. The molecule has 0 aromatic rings. The number of hydrogen-bond acceptors (Lipinski definition) is 3. The zero-order valence-electron chi connectivity index (χ0n) is 10.3. The van der Waals surface area contributed by atoms with Gasteiger partial charge in [0.25, 0.3) is 5.91 Å². The zero-order chi connectivity index (χ0) is 11.6. The van der Waals surface area contributed by atoms with Gasteiger partial charge in [-0.05, 0) is 39.7 Å². The van der Waals surface area contributed by atoms with Crippen LogP contribution in [0.25, 0.3) is 0 Å². The third kappa shape index (κ3) is 2.74. The van der Waals surface area contributed by atoms with Gasteiger partial charge < -0.3 is 15.0 Å². The fourth-order valence-corrected chi connectivity index (χ4v) is 2.47. The molecule has 92 valence electrons. The topological polar surface area (TPSA) is 41.6 Å². The lowest BCUT2D eigenvalue weighted by molar-refractivity contribution is -0.141. The Labute approximate surface area is 97.3 Å². The van der Waals surface area contributed by atoms with Crippen LogP contribution in [-0.2, 0) is 9.53 Å². The van der Waals surface area contributed by atoms with Crippen LogP contribution in [0.5, 0.6) is 0 Å². The van der Waals surface area contributed by atoms with Gasteiger partial charge in [-0.2, -0.15) is 0 Å². The van der Waals surface area contributed by atoms with E-state index >= 15 is 0 Å². The smallest absolute Gasteiger partial charge is 0.251 e. The highest BCUT2D eigenvalue weighted by molar-refractivity contribution is 5.81. The summed E-state index contributed by atoms with van der Waals surface area (Å²) >= 11 is 0. The molecule has 4 nitrogen and oxygen atoms in total. The summed E-state index contributed by atoms with van der Waals surface area (Å²) in [7, 11) is 0. The van der Waals surface area contributed by atoms with Crippen molar-refractivity contribution in [3.05, 3.63) is 0 Å². The Morgan fingerprint density at radius 3 is 2.94 bits per heavy atom. The van der Waals surface area contributed by atoms with Crippen LogP contribution in [-0.4, -0.2) is 48.7 Å². The standard InChI is InChI=1S/C12H22N2O2/c1-12(2)9-14(7-4-6-13-12)11(15)10-5-3-8-16-10/h10,13H,3-9H2,1-2H3. The van der Waals surface area contributed by atoms with Crippen LogP contribution in [0.1, 0.15) is 33.1 Å². The van der Waals surface area contributed by atoms with Crippen molar-refractivity contribution in [1.82, 2.24) is 10.2 Å². The molecule has 2 aliphatic heterocycles. The number of carbonyl (C=O) groups is 1. The summed E-state index contributed by atoms with van der Waals surface area (Å²) in [4.78, 5) is 14.2. The first-order valence-electron chi connectivity index (χ1n) is 6.24. The molecule has 0 aromatic carbocycles. The second-order valence-electron chi connectivity index (χ2n) is 5.43. The van der Waals surface area contributed by atoms with Gasteiger partial charge in [-0.15, -0.1) is 0 Å². The largest absolute Gasteiger partial charge is 0.368 e. The van der Waals surface area contributed by atoms with Gasteiger partial charge in [-0.3, -0.25) is 4.79 Å². The summed E-state index contributed by atoms with van der Waals surface area (Å²) in [6.07, 6.45) is 2.77. The number of nitrogens with zero attached hydrogens (tertiary/aromatic N) is 1. The Balaban J connectivity index is 1.98. The molecule has 2 rings (SSSR count). The van der Waals surface area contributed by atoms with Gasteiger partial charge in [-0.1, -0.05) is 0 Å². The monoisotopic (exact) mass is 226 g/mol. The van der Waals surface area contributed by atoms with Crippen LogP contribution in [0.15, 0.2) is 0 Å². The van der Waals surface area contributed by atoms with Crippen molar-refractivity contribution in [2.75, 3.05) is 26.2 Å². The highest BCUT2D eigenvalue weighted by Gasteiger charge is 2.32. The molecular weight excluding hydrogens is 204 g/mol. The second kappa shape index (κ2) is 4.72. The molecule has 0 radical (unpaired) electrons. The van der Waals surface area contributed by atoms with Crippen molar-refractivity contribution in [1.29, 1.82) is 0 Å². The first-order chi connectivity index (χ1) is 7.58. The average Bonchev–Trinajstić information content (AvgIpc) is 2.68. The molecule has 0 spiro atoms. The van der Waals surface area contributed by atoms with Crippen molar-refractivity contribution in [3.8, 4) is 0 Å². The van der Waals surface area contributed by atoms with Gasteiger partial charge in [0.1, 0.15) is 6.10 Å². The molecule has 2 aliphatic rings. The van der Waals surface area contributed by atoms with E-state index in [-0.39, 0.29) is 17.6 Å². The van der Waals surface area contributed by atoms with Crippen LogP contribution in [0, 0.1) is 0 Å². The van der Waals surface area contributed by atoms with E-state index in [9.17, 15) is 4.79 Å². The lowest BCUT2D eigenvalue weighted by Crippen LogP contribution is -2.50. The minimum atomic E-state index is -0.172. The van der Waals surface area contributed by atoms with E-state index in [0.29, 0.717) is 0 Å². The van der Waals surface area contributed by atoms with E-state index in [2.05, 4.69) is 19.2 Å². The molecule has 0 aromatic heterocycles. The lowest BCUT2D eigenvalue weighted by atomic mass is 10.1. The number of amides is 1. The maximum absolute atomic E-state index is 12.2. The summed E-state index contributed by atoms with van der Waals surface area (Å²) in [6.45, 7) is 7.66. The van der Waals surface area contributed by atoms with Crippen LogP contribution in [0.4, 0.5) is 0 Å². The SMILES string of the molecule is CC1(C)CN(C(=O)C2CCCO2)CCCN1. The predicted octanol–water partition coefficient (Wildman–Crippen LogP) is 0.766. The molecule has 2 fully saturated rings. The number of rotatable bonds is 1. The maximum atomic E-state index is 12.2. The summed E-state index contributed by atoms with van der Waals surface area (Å²) in [5.74, 6) is 0.189. The zero-order valence-corrected chi connectivity index (χ0v) is 10.3. The maximum Gasteiger partial charge on any atom is 0.251 e. The third-order valence-corrected chi connectivity index (χ3v) is 3.31. The Kier molecular flexibility index (Phi) is 3.50. The van der Waals surface area contributed by atoms with Gasteiger partial charge in [0.15, 0.2) is 0 Å². The van der Waals surface area contributed by atoms with Gasteiger partial charge in [0, 0.05) is 25.2 Å². The Morgan fingerprint density at radius 2 is 2.25 bits per heavy atom. The first-order valence-corrected chi connectivity index (χ1v) is 6.24. The first kappa shape index (κ1) is 11.9. The van der Waals surface area contributed by atoms with E-state index in [1.807, 2.05) is 4.90 Å². The van der Waals surface area contributed by atoms with Crippen molar-refractivity contribution in [2.24, 2.45) is 0 Å². The van der Waals surface area contributed by atoms with Gasteiger partial charge in [-0.25, -0.2) is 0 Å². The van der Waals surface area contributed by atoms with E-state index < -0.39 is 0 Å². The fraction of sp³-hybridized carbons (Fsp3) is 0.917. The van der Waals surface area contributed by atoms with Gasteiger partial charge in [0.05, 0.1) is 0 Å². The van der Waals surface area contributed by atoms with E-state index in [1.165, 1.54) is 0 Å². The van der Waals surface area contributed by atoms with E-state index in [0.717, 1.165) is 45.5 Å². The lowest BCUT2D eigenvalue weighted by Gasteiger charge is -2.31. The Bertz CT molecular complexity index is 260. The number of hydrogen-bond donors (Lipinski definition) is 1. The van der Waals surface area contributed by atoms with Crippen LogP contribution in [0.2, 0.25) is 0 Å². The molecule has 1 N–H and O–H groups in total. The summed E-state index contributed by atoms with van der Waals surface area (Å²) in [5.41, 5.74) is 0.0186. The Hall–Kier alpha value is -0.610. The summed E-state index contributed by atoms with van der Waals surface area (Å²) in [5, 5.41) is 3.46. The van der Waals surface area contributed by atoms with E-state index in [1.54, 1.807) is 0 Å². The minimum Gasteiger partial charge on any atom is -0.368 e. The molecule has 1 atom stereocenters. The molecule has 0 saturated carbocycles. The van der Waals surface area contributed by atoms with Crippen LogP contribution >= 0.6 is 0 Å². The molecule has 1 amide bonds. The van der Waals surface area contributed by atoms with Crippen molar-refractivity contribution < 1.29 is 9.53 Å². The van der Waals surface area contributed by atoms with Crippen LogP contribution < -0.4 is 5.32 Å². The highest BCUT2D eigenvalue weighted by Crippen LogP contribution is 2.18. The number of nitrogens with one attached hydrogen (secondary N) is 1. The van der Waals surface area contributed by atoms with Crippen molar-refractivity contribution in [3.63, 3.8) is 0 Å². The Morgan fingerprint density at radius 1 is 1.44 bits per heavy atom. The van der Waals surface area contributed by atoms with E-state index in [4.69, 9.17) is 4.74 Å².